The largest absolute Gasteiger partial charge is 0.443 e. The molecule has 1 amide bonds. The molecule has 6 nitrogen and oxygen atoms in total. The molecule has 0 aliphatic carbocycles. The van der Waals surface area contributed by atoms with Gasteiger partial charge in [-0.3, -0.25) is 0 Å². The van der Waals surface area contributed by atoms with E-state index in [4.69, 9.17) is 16.3 Å². The summed E-state index contributed by atoms with van der Waals surface area (Å²) in [5, 5.41) is 1.15. The van der Waals surface area contributed by atoms with Crippen molar-refractivity contribution in [2.45, 2.75) is 33.3 Å². The highest BCUT2D eigenvalue weighted by Crippen LogP contribution is 2.36. The van der Waals surface area contributed by atoms with Crippen LogP contribution in [0.1, 0.15) is 26.3 Å². The van der Waals surface area contributed by atoms with Gasteiger partial charge >= 0.3 is 6.09 Å². The Morgan fingerprint density at radius 2 is 1.94 bits per heavy atom. The number of benzene rings is 1. The highest BCUT2D eigenvalue weighted by molar-refractivity contribution is 6.29. The molecule has 0 bridgehead atoms. The van der Waals surface area contributed by atoms with Crippen LogP contribution >= 0.6 is 11.6 Å². The average molecular weight is 453 g/mol. The number of halogens is 2. The molecular weight excluding hydrogens is 431 g/mol. The van der Waals surface area contributed by atoms with Gasteiger partial charge in [0.15, 0.2) is 5.82 Å². The van der Waals surface area contributed by atoms with Gasteiger partial charge in [0.05, 0.1) is 17.6 Å². The normalized spacial score (nSPS) is 11.6. The molecule has 0 radical (unpaired) electrons. The Kier molecular flexibility index (Phi) is 5.60. The second kappa shape index (κ2) is 8.24. The van der Waals surface area contributed by atoms with Gasteiger partial charge in [0.1, 0.15) is 16.6 Å². The predicted molar refractivity (Wildman–Crippen MR) is 124 cm³/mol. The zero-order chi connectivity index (χ0) is 23.0. The minimum atomic E-state index is -0.722. The molecule has 4 rings (SSSR count). The fourth-order valence-corrected chi connectivity index (χ4v) is 3.43. The molecule has 1 N–H and O–H groups in total. The van der Waals surface area contributed by atoms with Crippen LogP contribution in [0.5, 0.6) is 0 Å². The Hall–Kier alpha value is -3.45. The summed E-state index contributed by atoms with van der Waals surface area (Å²) in [7, 11) is 0. The Labute approximate surface area is 190 Å². The van der Waals surface area contributed by atoms with E-state index in [1.165, 1.54) is 17.2 Å². The zero-order valence-electron chi connectivity index (χ0n) is 18.1. The highest BCUT2D eigenvalue weighted by atomic mass is 35.5. The fourth-order valence-electron chi connectivity index (χ4n) is 3.32. The van der Waals surface area contributed by atoms with Crippen molar-refractivity contribution >= 4 is 40.1 Å². The number of hydrogen-bond donors (Lipinski definition) is 1. The molecule has 0 unspecified atom stereocenters. The van der Waals surface area contributed by atoms with E-state index in [1.54, 1.807) is 58.2 Å². The first kappa shape index (κ1) is 21.8. The summed E-state index contributed by atoms with van der Waals surface area (Å²) >= 11 is 5.95. The van der Waals surface area contributed by atoms with Crippen LogP contribution in [-0.2, 0) is 4.74 Å². The number of anilines is 2. The molecule has 0 fully saturated rings. The van der Waals surface area contributed by atoms with Crippen LogP contribution < -0.4 is 4.90 Å². The first-order valence-corrected chi connectivity index (χ1v) is 10.4. The third-order valence-corrected chi connectivity index (χ3v) is 4.96. The summed E-state index contributed by atoms with van der Waals surface area (Å²) < 4.78 is 19.7. The third-order valence-electron chi connectivity index (χ3n) is 4.73. The van der Waals surface area contributed by atoms with E-state index >= 15 is 0 Å². The number of aromatic amines is 1. The average Bonchev–Trinajstić information content (AvgIpc) is 3.11. The van der Waals surface area contributed by atoms with Gasteiger partial charge in [0.2, 0.25) is 0 Å². The molecule has 0 aliphatic rings. The second-order valence-corrected chi connectivity index (χ2v) is 8.79. The minimum absolute atomic E-state index is 0.292. The molecule has 164 valence electrons. The summed E-state index contributed by atoms with van der Waals surface area (Å²) in [4.78, 5) is 26.4. The lowest BCUT2D eigenvalue weighted by atomic mass is 10.1. The lowest BCUT2D eigenvalue weighted by Crippen LogP contribution is -2.34. The Morgan fingerprint density at radius 3 is 2.62 bits per heavy atom. The van der Waals surface area contributed by atoms with E-state index in [0.29, 0.717) is 39.0 Å². The number of H-pyrrole nitrogens is 1. The van der Waals surface area contributed by atoms with Crippen molar-refractivity contribution in [1.29, 1.82) is 0 Å². The van der Waals surface area contributed by atoms with Crippen molar-refractivity contribution in [2.75, 3.05) is 4.90 Å². The van der Waals surface area contributed by atoms with E-state index in [1.807, 2.05) is 12.1 Å². The van der Waals surface area contributed by atoms with Gasteiger partial charge in [0.25, 0.3) is 0 Å². The number of ether oxygens (including phenoxy) is 1. The first-order chi connectivity index (χ1) is 15.1. The monoisotopic (exact) mass is 452 g/mol. The van der Waals surface area contributed by atoms with Crippen LogP contribution in [0.15, 0.2) is 54.9 Å². The van der Waals surface area contributed by atoms with E-state index in [2.05, 4.69) is 15.0 Å². The van der Waals surface area contributed by atoms with Crippen molar-refractivity contribution in [1.82, 2.24) is 15.0 Å². The molecule has 8 heteroatoms. The summed E-state index contributed by atoms with van der Waals surface area (Å²) in [5.41, 5.74) is 2.25. The number of aryl methyl sites for hydroxylation is 1. The van der Waals surface area contributed by atoms with Crippen LogP contribution in [0.4, 0.5) is 20.7 Å². The van der Waals surface area contributed by atoms with E-state index in [0.717, 1.165) is 5.39 Å². The quantitative estimate of drug-likeness (QED) is 0.347. The van der Waals surface area contributed by atoms with Crippen molar-refractivity contribution in [3.8, 4) is 11.3 Å². The number of hydrogen-bond acceptors (Lipinski definition) is 4. The molecule has 0 spiro atoms. The van der Waals surface area contributed by atoms with E-state index in [9.17, 15) is 9.18 Å². The van der Waals surface area contributed by atoms with Gasteiger partial charge in [-0.25, -0.2) is 24.1 Å². The summed E-state index contributed by atoms with van der Waals surface area (Å²) in [5.74, 6) is 0.0505. The number of fused-ring (bicyclic) bond motifs is 1. The number of carbonyl (C=O) groups is 1. The maximum Gasteiger partial charge on any atom is 0.420 e. The van der Waals surface area contributed by atoms with Gasteiger partial charge in [0, 0.05) is 22.7 Å². The molecule has 0 saturated heterocycles. The summed E-state index contributed by atoms with van der Waals surface area (Å²) in [6, 6.07) is 12.0. The Bertz CT molecular complexity index is 1260. The lowest BCUT2D eigenvalue weighted by molar-refractivity contribution is 0.0598. The van der Waals surface area contributed by atoms with Crippen molar-refractivity contribution < 1.29 is 13.9 Å². The fraction of sp³-hybridized carbons (Fsp3) is 0.208. The highest BCUT2D eigenvalue weighted by Gasteiger charge is 2.28. The number of aromatic nitrogens is 3. The van der Waals surface area contributed by atoms with Crippen LogP contribution in [0, 0.1) is 12.7 Å². The molecular formula is C24H22ClFN4O2. The number of rotatable bonds is 3. The van der Waals surface area contributed by atoms with Crippen LogP contribution in [0.3, 0.4) is 0 Å². The zero-order valence-corrected chi connectivity index (χ0v) is 18.9. The second-order valence-electron chi connectivity index (χ2n) is 8.40. The van der Waals surface area contributed by atoms with Crippen LogP contribution in [-0.4, -0.2) is 26.6 Å². The molecule has 1 aromatic carbocycles. The van der Waals surface area contributed by atoms with Crippen molar-refractivity contribution in [3.05, 3.63) is 71.4 Å². The summed E-state index contributed by atoms with van der Waals surface area (Å²) in [6.07, 6.45) is 2.46. The molecule has 4 aromatic rings. The minimum Gasteiger partial charge on any atom is -0.443 e. The lowest BCUT2D eigenvalue weighted by Gasteiger charge is -2.27. The maximum absolute atomic E-state index is 14.1. The van der Waals surface area contributed by atoms with Gasteiger partial charge in [-0.2, -0.15) is 0 Å². The van der Waals surface area contributed by atoms with Crippen LogP contribution in [0.25, 0.3) is 22.2 Å². The number of nitrogens with zero attached hydrogens (tertiary/aromatic N) is 3. The van der Waals surface area contributed by atoms with Crippen molar-refractivity contribution in [2.24, 2.45) is 0 Å². The number of nitrogens with one attached hydrogen (secondary N) is 1. The third kappa shape index (κ3) is 4.43. The summed E-state index contributed by atoms with van der Waals surface area (Å²) in [6.45, 7) is 7.08. The van der Waals surface area contributed by atoms with Gasteiger partial charge in [-0.1, -0.05) is 11.6 Å². The number of carbonyl (C=O) groups excluding carboxylic acids is 1. The topological polar surface area (TPSA) is 71.1 Å². The molecule has 0 aliphatic heterocycles. The Morgan fingerprint density at radius 1 is 1.16 bits per heavy atom. The molecule has 3 aromatic heterocycles. The number of pyridine rings is 2. The standard InChI is InChI=1S/C24H22ClFN4O2/c1-14-10-15-11-20(29-19(15)12-18(14)26)17-6-5-9-27-22(17)30(23(31)32-24(2,3)4)16-7-8-21(25)28-13-16/h5-13,29H,1-4H3. The number of amides is 1. The SMILES string of the molecule is Cc1cc2cc(-c3cccnc3N(C(=O)OC(C)(C)C)c3ccc(Cl)nc3)[nH]c2cc1F. The van der Waals surface area contributed by atoms with Gasteiger partial charge in [-0.05, 0) is 75.7 Å². The molecule has 3 heterocycles. The molecule has 0 atom stereocenters. The molecule has 32 heavy (non-hydrogen) atoms. The van der Waals surface area contributed by atoms with Gasteiger partial charge < -0.3 is 9.72 Å². The van der Waals surface area contributed by atoms with Crippen LogP contribution in [0.2, 0.25) is 5.15 Å². The van der Waals surface area contributed by atoms with Gasteiger partial charge in [-0.15, -0.1) is 0 Å². The van der Waals surface area contributed by atoms with E-state index < -0.39 is 11.7 Å². The molecule has 0 saturated carbocycles. The first-order valence-electron chi connectivity index (χ1n) is 10.0. The predicted octanol–water partition coefficient (Wildman–Crippen LogP) is 6.80. The van der Waals surface area contributed by atoms with Crippen molar-refractivity contribution in [3.63, 3.8) is 0 Å². The maximum atomic E-state index is 14.1. The van der Waals surface area contributed by atoms with E-state index in [-0.39, 0.29) is 5.82 Å². The smallest absolute Gasteiger partial charge is 0.420 e. The Balaban J connectivity index is 1.87.